The van der Waals surface area contributed by atoms with Gasteiger partial charge in [-0.2, -0.15) is 0 Å². The average Bonchev–Trinajstić information content (AvgIpc) is 2.92. The molecule has 5 heteroatoms. The third-order valence-electron chi connectivity index (χ3n) is 7.73. The molecule has 4 atom stereocenters. The largest absolute Gasteiger partial charge is 0.465 e. The number of likely N-dealkylation sites (tertiary alicyclic amines) is 1. The minimum Gasteiger partial charge on any atom is -0.465 e. The van der Waals surface area contributed by atoms with Gasteiger partial charge in [-0.05, 0) is 68.8 Å². The summed E-state index contributed by atoms with van der Waals surface area (Å²) in [6.45, 7) is 2.58. The number of carbonyl (C=O) groups excluding carboxylic acids is 1. The van der Waals surface area contributed by atoms with Crippen molar-refractivity contribution in [3.05, 3.63) is 35.5 Å². The fourth-order valence-corrected chi connectivity index (χ4v) is 6.20. The van der Waals surface area contributed by atoms with Crippen molar-refractivity contribution in [2.75, 3.05) is 26.7 Å². The molecule has 1 aliphatic carbocycles. The predicted octanol–water partition coefficient (Wildman–Crippen LogP) is 3.60. The Kier molecular flexibility index (Phi) is 5.59. The molecule has 0 unspecified atom stereocenters. The number of piperidine rings is 1. The second-order valence-electron chi connectivity index (χ2n) is 9.74. The van der Waals surface area contributed by atoms with Crippen molar-refractivity contribution < 1.29 is 9.53 Å². The summed E-state index contributed by atoms with van der Waals surface area (Å²) < 4.78 is 7.99. The summed E-state index contributed by atoms with van der Waals surface area (Å²) in [4.78, 5) is 15.0. The van der Waals surface area contributed by atoms with Gasteiger partial charge in [0.05, 0.1) is 6.61 Å². The summed E-state index contributed by atoms with van der Waals surface area (Å²) in [7, 11) is 4.44. The van der Waals surface area contributed by atoms with E-state index in [1.165, 1.54) is 34.9 Å². The lowest BCUT2D eigenvalue weighted by Crippen LogP contribution is -2.48. The first-order valence-corrected chi connectivity index (χ1v) is 11.8. The van der Waals surface area contributed by atoms with Crippen LogP contribution in [0.15, 0.2) is 24.4 Å². The lowest BCUT2D eigenvalue weighted by molar-refractivity contribution is -0.146. The Hall–Kier alpha value is -1.85. The number of ether oxygens (including phenoxy) is 1. The van der Waals surface area contributed by atoms with Gasteiger partial charge in [0.25, 0.3) is 0 Å². The highest BCUT2D eigenvalue weighted by molar-refractivity contribution is 5.89. The Morgan fingerprint density at radius 1 is 1.23 bits per heavy atom. The van der Waals surface area contributed by atoms with E-state index in [-0.39, 0.29) is 12.0 Å². The van der Waals surface area contributed by atoms with Gasteiger partial charge in [-0.25, -0.2) is 0 Å². The highest BCUT2D eigenvalue weighted by atomic mass is 16.5. The molecule has 0 bridgehead atoms. The molecule has 3 aliphatic rings. The molecule has 2 aromatic rings. The van der Waals surface area contributed by atoms with Crippen LogP contribution in [0.25, 0.3) is 10.9 Å². The number of fused-ring (bicyclic) bond motifs is 2. The van der Waals surface area contributed by atoms with E-state index >= 15 is 0 Å². The van der Waals surface area contributed by atoms with Crippen LogP contribution in [-0.4, -0.2) is 54.3 Å². The van der Waals surface area contributed by atoms with E-state index in [0.717, 1.165) is 45.2 Å². The van der Waals surface area contributed by atoms with Crippen LogP contribution in [0.2, 0.25) is 0 Å². The molecule has 1 N–H and O–H groups in total. The normalized spacial score (nSPS) is 29.4. The van der Waals surface area contributed by atoms with Crippen molar-refractivity contribution >= 4 is 16.9 Å². The van der Waals surface area contributed by atoms with E-state index in [1.54, 1.807) is 0 Å². The number of nitrogens with zero attached hydrogens (tertiary/aromatic N) is 2. The van der Waals surface area contributed by atoms with Crippen molar-refractivity contribution in [2.24, 2.45) is 13.0 Å². The summed E-state index contributed by atoms with van der Waals surface area (Å²) in [6.07, 6.45) is 10.0. The lowest BCUT2D eigenvalue weighted by Gasteiger charge is -2.45. The molecule has 162 valence electrons. The highest BCUT2D eigenvalue weighted by Crippen LogP contribution is 2.45. The number of likely N-dealkylation sites (N-methyl/N-ethyl adjacent to an activating group) is 1. The first-order chi connectivity index (χ1) is 14.6. The average molecular weight is 410 g/mol. The molecule has 5 rings (SSSR count). The second kappa shape index (κ2) is 8.35. The standard InChI is InChI=1S/C25H35N3O2/c1-27-15-17(10-12-30-25(29)21-8-4-3-5-11-26-21)13-20-19-7-6-9-22-24(19)18(14-23(20)27)16-28(22)2/h6-7,9,16-17,20-21,23,26H,3-5,8,10-15H2,1-2H3/t17-,20-,21-,23-/m1/s1. The van der Waals surface area contributed by atoms with E-state index in [4.69, 9.17) is 4.74 Å². The summed E-state index contributed by atoms with van der Waals surface area (Å²) in [5, 5.41) is 4.84. The van der Waals surface area contributed by atoms with Gasteiger partial charge in [0.15, 0.2) is 0 Å². The van der Waals surface area contributed by atoms with E-state index in [0.29, 0.717) is 24.5 Å². The van der Waals surface area contributed by atoms with Gasteiger partial charge in [0.2, 0.25) is 0 Å². The van der Waals surface area contributed by atoms with Crippen LogP contribution >= 0.6 is 0 Å². The highest BCUT2D eigenvalue weighted by Gasteiger charge is 2.39. The Labute approximate surface area is 179 Å². The molecule has 0 spiro atoms. The maximum atomic E-state index is 12.5. The molecule has 1 aromatic heterocycles. The Bertz CT molecular complexity index is 912. The van der Waals surface area contributed by atoms with Crippen LogP contribution in [-0.2, 0) is 23.0 Å². The molecule has 2 fully saturated rings. The SMILES string of the molecule is CN1C[C@H](CCOC(=O)[C@H]2CCCCCN2)C[C@@H]2c3cccc4c3c(cn4C)C[C@H]21. The van der Waals surface area contributed by atoms with Gasteiger partial charge in [0.1, 0.15) is 6.04 Å². The topological polar surface area (TPSA) is 46.5 Å². The van der Waals surface area contributed by atoms with E-state index in [2.05, 4.69) is 53.3 Å². The van der Waals surface area contributed by atoms with Gasteiger partial charge >= 0.3 is 5.97 Å². The Morgan fingerprint density at radius 3 is 3.03 bits per heavy atom. The van der Waals surface area contributed by atoms with Gasteiger partial charge in [0, 0.05) is 42.7 Å². The van der Waals surface area contributed by atoms with Crippen molar-refractivity contribution in [1.82, 2.24) is 14.8 Å². The number of aryl methyl sites for hydroxylation is 1. The summed E-state index contributed by atoms with van der Waals surface area (Å²) >= 11 is 0. The van der Waals surface area contributed by atoms with E-state index < -0.39 is 0 Å². The third kappa shape index (κ3) is 3.67. The number of hydrogen-bond acceptors (Lipinski definition) is 4. The zero-order valence-corrected chi connectivity index (χ0v) is 18.4. The molecule has 0 radical (unpaired) electrons. The van der Waals surface area contributed by atoms with Crippen molar-refractivity contribution in [3.63, 3.8) is 0 Å². The fraction of sp³-hybridized carbons (Fsp3) is 0.640. The third-order valence-corrected chi connectivity index (χ3v) is 7.73. The summed E-state index contributed by atoms with van der Waals surface area (Å²) in [6, 6.07) is 7.29. The fourth-order valence-electron chi connectivity index (χ4n) is 6.20. The maximum absolute atomic E-state index is 12.5. The minimum atomic E-state index is -0.0987. The van der Waals surface area contributed by atoms with Gasteiger partial charge in [-0.3, -0.25) is 4.79 Å². The zero-order valence-electron chi connectivity index (χ0n) is 18.4. The number of esters is 1. The maximum Gasteiger partial charge on any atom is 0.323 e. The van der Waals surface area contributed by atoms with Crippen molar-refractivity contribution in [2.45, 2.75) is 62.9 Å². The molecule has 0 amide bonds. The molecular formula is C25H35N3O2. The zero-order chi connectivity index (χ0) is 20.7. The first kappa shape index (κ1) is 20.1. The number of rotatable bonds is 4. The van der Waals surface area contributed by atoms with Crippen LogP contribution in [0.1, 0.15) is 55.6 Å². The quantitative estimate of drug-likeness (QED) is 0.784. The number of aromatic nitrogens is 1. The lowest BCUT2D eigenvalue weighted by atomic mass is 9.72. The number of nitrogens with one attached hydrogen (secondary N) is 1. The van der Waals surface area contributed by atoms with Crippen LogP contribution in [0, 0.1) is 5.92 Å². The van der Waals surface area contributed by atoms with Gasteiger partial charge < -0.3 is 19.5 Å². The minimum absolute atomic E-state index is 0.0460. The molecule has 5 nitrogen and oxygen atoms in total. The van der Waals surface area contributed by atoms with Crippen LogP contribution < -0.4 is 5.32 Å². The molecule has 30 heavy (non-hydrogen) atoms. The molecule has 2 saturated heterocycles. The van der Waals surface area contributed by atoms with Crippen LogP contribution in [0.4, 0.5) is 0 Å². The van der Waals surface area contributed by atoms with Crippen molar-refractivity contribution in [1.29, 1.82) is 0 Å². The first-order valence-electron chi connectivity index (χ1n) is 11.8. The smallest absolute Gasteiger partial charge is 0.323 e. The Morgan fingerprint density at radius 2 is 2.13 bits per heavy atom. The molecule has 0 saturated carbocycles. The van der Waals surface area contributed by atoms with Gasteiger partial charge in [-0.1, -0.05) is 25.0 Å². The second-order valence-corrected chi connectivity index (χ2v) is 9.74. The van der Waals surface area contributed by atoms with E-state index in [9.17, 15) is 4.79 Å². The van der Waals surface area contributed by atoms with Crippen LogP contribution in [0.3, 0.4) is 0 Å². The summed E-state index contributed by atoms with van der Waals surface area (Å²) in [5.74, 6) is 1.11. The monoisotopic (exact) mass is 409 g/mol. The van der Waals surface area contributed by atoms with Gasteiger partial charge in [-0.15, -0.1) is 0 Å². The van der Waals surface area contributed by atoms with Crippen molar-refractivity contribution in [3.8, 4) is 0 Å². The number of hydrogen-bond donors (Lipinski definition) is 1. The number of carbonyl (C=O) groups is 1. The van der Waals surface area contributed by atoms with E-state index in [1.807, 2.05) is 0 Å². The molecular weight excluding hydrogens is 374 g/mol. The Balaban J connectivity index is 1.24. The molecule has 2 aliphatic heterocycles. The summed E-state index contributed by atoms with van der Waals surface area (Å²) in [5.41, 5.74) is 4.38. The number of benzene rings is 1. The molecule has 3 heterocycles. The predicted molar refractivity (Wildman–Crippen MR) is 120 cm³/mol. The van der Waals surface area contributed by atoms with Crippen LogP contribution in [0.5, 0.6) is 0 Å². The molecule has 1 aromatic carbocycles.